The van der Waals surface area contributed by atoms with Crippen LogP contribution in [0.4, 0.5) is 4.79 Å². The van der Waals surface area contributed by atoms with Crippen molar-refractivity contribution in [1.29, 1.82) is 0 Å². The molecule has 1 aliphatic rings. The number of nitrogens with zero attached hydrogens (tertiary/aromatic N) is 1. The zero-order valence-electron chi connectivity index (χ0n) is 23.9. The van der Waals surface area contributed by atoms with E-state index in [1.54, 1.807) is 12.0 Å². The Hall–Kier alpha value is -3.30. The first-order valence-corrected chi connectivity index (χ1v) is 13.5. The van der Waals surface area contributed by atoms with Gasteiger partial charge in [0.15, 0.2) is 0 Å². The number of carboxylic acids is 1. The van der Waals surface area contributed by atoms with Crippen LogP contribution in [-0.4, -0.2) is 67.1 Å². The third kappa shape index (κ3) is 7.22. The van der Waals surface area contributed by atoms with Gasteiger partial charge in [-0.3, -0.25) is 0 Å². The Labute approximate surface area is 231 Å². The van der Waals surface area contributed by atoms with Gasteiger partial charge in [-0.15, -0.1) is 0 Å². The molecular formula is C30H42N2O7. The van der Waals surface area contributed by atoms with Crippen molar-refractivity contribution in [2.45, 2.75) is 71.8 Å². The molecule has 0 spiro atoms. The van der Waals surface area contributed by atoms with Crippen LogP contribution in [0.15, 0.2) is 36.4 Å². The van der Waals surface area contributed by atoms with E-state index >= 15 is 0 Å². The molecule has 1 fully saturated rings. The number of hydrogen-bond donors (Lipinski definition) is 2. The largest absolute Gasteiger partial charge is 0.493 e. The summed E-state index contributed by atoms with van der Waals surface area (Å²) in [7, 11) is 1.54. The topological polar surface area (TPSA) is 107 Å². The summed E-state index contributed by atoms with van der Waals surface area (Å²) >= 11 is 0. The molecule has 0 radical (unpaired) electrons. The zero-order chi connectivity index (χ0) is 28.6. The van der Waals surface area contributed by atoms with Crippen molar-refractivity contribution in [2.24, 2.45) is 0 Å². The fourth-order valence-corrected chi connectivity index (χ4v) is 4.86. The van der Waals surface area contributed by atoms with Crippen LogP contribution in [-0.2, 0) is 20.8 Å². The maximum Gasteiger partial charge on any atom is 0.329 e. The lowest BCUT2D eigenvalue weighted by Crippen LogP contribution is -2.66. The lowest BCUT2D eigenvalue weighted by Gasteiger charge is -2.44. The van der Waals surface area contributed by atoms with Crippen LogP contribution >= 0.6 is 0 Å². The van der Waals surface area contributed by atoms with E-state index in [0.29, 0.717) is 19.0 Å². The number of carbonyl (C=O) groups is 2. The Balaban J connectivity index is 1.85. The minimum atomic E-state index is -1.36. The number of methoxy groups -OCH3 is 1. The van der Waals surface area contributed by atoms with Gasteiger partial charge in [0.1, 0.15) is 17.0 Å². The van der Waals surface area contributed by atoms with Gasteiger partial charge in [-0.05, 0) is 57.4 Å². The molecule has 3 rings (SSSR count). The molecule has 214 valence electrons. The predicted octanol–water partition coefficient (Wildman–Crippen LogP) is 5.02. The number of carbonyl (C=O) groups excluding carboxylic acids is 1. The average molecular weight is 543 g/mol. The van der Waals surface area contributed by atoms with E-state index in [1.165, 1.54) is 0 Å². The summed E-state index contributed by atoms with van der Waals surface area (Å²) in [6, 6.07) is 11.3. The quantitative estimate of drug-likeness (QED) is 0.345. The fourth-order valence-electron chi connectivity index (χ4n) is 4.86. The van der Waals surface area contributed by atoms with Gasteiger partial charge in [0.25, 0.3) is 0 Å². The molecule has 2 aromatic rings. The molecule has 0 saturated heterocycles. The molecule has 2 aromatic carbocycles. The Kier molecular flexibility index (Phi) is 10.6. The summed E-state index contributed by atoms with van der Waals surface area (Å²) in [6.45, 7) is 11.5. The molecule has 9 nitrogen and oxygen atoms in total. The summed E-state index contributed by atoms with van der Waals surface area (Å²) < 4.78 is 23.2. The van der Waals surface area contributed by atoms with Crippen LogP contribution in [0.3, 0.4) is 0 Å². The van der Waals surface area contributed by atoms with Gasteiger partial charge in [0.05, 0.1) is 32.0 Å². The summed E-state index contributed by atoms with van der Waals surface area (Å²) in [5.41, 5.74) is 2.34. The maximum atomic E-state index is 13.6. The molecule has 0 aromatic heterocycles. The molecule has 2 amide bonds. The van der Waals surface area contributed by atoms with Gasteiger partial charge in [0, 0.05) is 38.6 Å². The van der Waals surface area contributed by atoms with E-state index in [4.69, 9.17) is 18.9 Å². The van der Waals surface area contributed by atoms with Gasteiger partial charge in [-0.1, -0.05) is 30.3 Å². The van der Waals surface area contributed by atoms with Crippen LogP contribution in [0.25, 0.3) is 0 Å². The number of rotatable bonds is 14. The van der Waals surface area contributed by atoms with Crippen molar-refractivity contribution >= 4 is 12.0 Å². The van der Waals surface area contributed by atoms with Gasteiger partial charge < -0.3 is 34.3 Å². The van der Waals surface area contributed by atoms with E-state index in [-0.39, 0.29) is 44.7 Å². The molecule has 1 saturated carbocycles. The molecule has 39 heavy (non-hydrogen) atoms. The SMILES string of the molecule is CCOc1cc(CN(CCO[C@@H](C)c2ccccc2)C(=O)N[C@]2(C(=O)O)C[C@@H](OC)C2)c(C)c(OCC)c1C. The van der Waals surface area contributed by atoms with E-state index in [2.05, 4.69) is 5.32 Å². The highest BCUT2D eigenvalue weighted by Gasteiger charge is 2.52. The van der Waals surface area contributed by atoms with Gasteiger partial charge in [-0.2, -0.15) is 0 Å². The third-order valence-corrected chi connectivity index (χ3v) is 7.31. The molecular weight excluding hydrogens is 500 g/mol. The van der Waals surface area contributed by atoms with Crippen LogP contribution < -0.4 is 14.8 Å². The minimum absolute atomic E-state index is 0.161. The number of urea groups is 1. The second-order valence-corrected chi connectivity index (χ2v) is 9.91. The summed E-state index contributed by atoms with van der Waals surface area (Å²) in [6.07, 6.45) is 0.0662. The fraction of sp³-hybridized carbons (Fsp3) is 0.533. The molecule has 1 atom stereocenters. The molecule has 0 bridgehead atoms. The first kappa shape index (κ1) is 30.2. The maximum absolute atomic E-state index is 13.6. The van der Waals surface area contributed by atoms with E-state index < -0.39 is 17.5 Å². The van der Waals surface area contributed by atoms with E-state index in [0.717, 1.165) is 28.0 Å². The van der Waals surface area contributed by atoms with Gasteiger partial charge in [0.2, 0.25) is 0 Å². The third-order valence-electron chi connectivity index (χ3n) is 7.31. The highest BCUT2D eigenvalue weighted by atomic mass is 16.5. The Morgan fingerprint density at radius 3 is 2.36 bits per heavy atom. The number of amides is 2. The number of hydrogen-bond acceptors (Lipinski definition) is 6. The minimum Gasteiger partial charge on any atom is -0.493 e. The highest BCUT2D eigenvalue weighted by Crippen LogP contribution is 2.36. The first-order valence-electron chi connectivity index (χ1n) is 13.5. The van der Waals surface area contributed by atoms with Crippen molar-refractivity contribution in [3.63, 3.8) is 0 Å². The average Bonchev–Trinajstić information content (AvgIpc) is 2.90. The second-order valence-electron chi connectivity index (χ2n) is 9.91. The second kappa shape index (κ2) is 13.7. The zero-order valence-corrected chi connectivity index (χ0v) is 23.9. The van der Waals surface area contributed by atoms with Crippen LogP contribution in [0.1, 0.15) is 62.0 Å². The van der Waals surface area contributed by atoms with Crippen LogP contribution in [0.2, 0.25) is 0 Å². The predicted molar refractivity (Wildman–Crippen MR) is 148 cm³/mol. The van der Waals surface area contributed by atoms with Gasteiger partial charge >= 0.3 is 12.0 Å². The summed E-state index contributed by atoms with van der Waals surface area (Å²) in [5, 5.41) is 12.7. The monoisotopic (exact) mass is 542 g/mol. The Morgan fingerprint density at radius 2 is 1.77 bits per heavy atom. The van der Waals surface area contributed by atoms with Crippen molar-refractivity contribution in [3.8, 4) is 11.5 Å². The van der Waals surface area contributed by atoms with Gasteiger partial charge in [-0.25, -0.2) is 9.59 Å². The number of nitrogens with one attached hydrogen (secondary N) is 1. The lowest BCUT2D eigenvalue weighted by atomic mass is 9.74. The molecule has 0 aliphatic heterocycles. The summed E-state index contributed by atoms with van der Waals surface area (Å²) in [4.78, 5) is 27.3. The Morgan fingerprint density at radius 1 is 1.10 bits per heavy atom. The van der Waals surface area contributed by atoms with Crippen molar-refractivity contribution < 1.29 is 33.6 Å². The summed E-state index contributed by atoms with van der Waals surface area (Å²) in [5.74, 6) is 0.360. The highest BCUT2D eigenvalue weighted by molar-refractivity contribution is 5.87. The first-order chi connectivity index (χ1) is 18.7. The normalized spacial score (nSPS) is 19.1. The molecule has 1 aliphatic carbocycles. The van der Waals surface area contributed by atoms with Crippen molar-refractivity contribution in [2.75, 3.05) is 33.5 Å². The number of carboxylic acid groups (broad SMARTS) is 1. The van der Waals surface area contributed by atoms with E-state index in [1.807, 2.05) is 71.0 Å². The van der Waals surface area contributed by atoms with E-state index in [9.17, 15) is 14.7 Å². The molecule has 9 heteroatoms. The molecule has 2 N–H and O–H groups in total. The lowest BCUT2D eigenvalue weighted by molar-refractivity contribution is -0.155. The van der Waals surface area contributed by atoms with Crippen LogP contribution in [0.5, 0.6) is 11.5 Å². The molecule has 0 unspecified atom stereocenters. The number of aliphatic carboxylic acids is 1. The standard InChI is InChI=1S/C30H42N2O7/c1-7-37-26-16-24(20(3)27(21(26)4)38-8-2)19-32(14-15-39-22(5)23-12-10-9-11-13-23)29(35)31-30(28(33)34)17-25(18-30)36-6/h9-13,16,22,25H,7-8,14-15,17-19H2,1-6H3,(H,31,35)(H,33,34)/t22-,25-,30-/m0/s1. The smallest absolute Gasteiger partial charge is 0.329 e. The van der Waals surface area contributed by atoms with Crippen molar-refractivity contribution in [1.82, 2.24) is 10.2 Å². The van der Waals surface area contributed by atoms with Crippen molar-refractivity contribution in [3.05, 3.63) is 58.7 Å². The number of ether oxygens (including phenoxy) is 4. The van der Waals surface area contributed by atoms with Crippen LogP contribution in [0, 0.1) is 13.8 Å². The number of benzene rings is 2. The molecule has 0 heterocycles. The Bertz CT molecular complexity index is 1120.